The number of benzene rings is 2. The summed E-state index contributed by atoms with van der Waals surface area (Å²) in [4.78, 5) is 26.9. The zero-order valence-corrected chi connectivity index (χ0v) is 19.9. The minimum absolute atomic E-state index is 0.183. The van der Waals surface area contributed by atoms with Crippen molar-refractivity contribution in [3.8, 4) is 0 Å². The van der Waals surface area contributed by atoms with Crippen molar-refractivity contribution >= 4 is 43.5 Å². The largest absolute Gasteiger partial charge is 0.355 e. The summed E-state index contributed by atoms with van der Waals surface area (Å²) in [5.74, 6) is -1.57. The van der Waals surface area contributed by atoms with Crippen molar-refractivity contribution < 1.29 is 22.4 Å². The van der Waals surface area contributed by atoms with Crippen LogP contribution in [0.15, 0.2) is 53.0 Å². The van der Waals surface area contributed by atoms with Gasteiger partial charge < -0.3 is 10.2 Å². The van der Waals surface area contributed by atoms with E-state index in [-0.39, 0.29) is 17.8 Å². The molecule has 2 aromatic rings. The molecule has 10 heteroatoms. The van der Waals surface area contributed by atoms with E-state index in [0.717, 1.165) is 10.6 Å². The van der Waals surface area contributed by atoms with Crippen molar-refractivity contribution in [3.63, 3.8) is 0 Å². The van der Waals surface area contributed by atoms with Crippen LogP contribution in [0.3, 0.4) is 0 Å². The lowest BCUT2D eigenvalue weighted by molar-refractivity contribution is -0.139. The van der Waals surface area contributed by atoms with Crippen LogP contribution in [0.4, 0.5) is 10.1 Å². The second kappa shape index (κ2) is 10.7. The van der Waals surface area contributed by atoms with Gasteiger partial charge in [0.15, 0.2) is 0 Å². The molecule has 2 amide bonds. The Morgan fingerprint density at radius 3 is 2.32 bits per heavy atom. The maximum Gasteiger partial charge on any atom is 0.244 e. The average molecular weight is 514 g/mol. The SMILES string of the molecule is CCNC(=O)[C@@H](C)N(Cc1ccccc1F)C(=O)CN(c1ccccc1Br)S(C)(=O)=O. The molecule has 0 aliphatic carbocycles. The monoisotopic (exact) mass is 513 g/mol. The molecule has 0 saturated carbocycles. The van der Waals surface area contributed by atoms with Gasteiger partial charge in [0.1, 0.15) is 18.4 Å². The van der Waals surface area contributed by atoms with Gasteiger partial charge in [-0.25, -0.2) is 12.8 Å². The third-order valence-corrected chi connectivity index (χ3v) is 6.41. The first-order valence-corrected chi connectivity index (χ1v) is 12.2. The molecule has 0 fully saturated rings. The molecule has 31 heavy (non-hydrogen) atoms. The fraction of sp³-hybridized carbons (Fsp3) is 0.333. The van der Waals surface area contributed by atoms with Gasteiger partial charge in [-0.1, -0.05) is 30.3 Å². The van der Waals surface area contributed by atoms with Gasteiger partial charge >= 0.3 is 0 Å². The lowest BCUT2D eigenvalue weighted by Crippen LogP contribution is -2.51. The number of amides is 2. The Morgan fingerprint density at radius 2 is 1.74 bits per heavy atom. The van der Waals surface area contributed by atoms with Crippen LogP contribution in [0, 0.1) is 5.82 Å². The van der Waals surface area contributed by atoms with Crippen molar-refractivity contribution in [3.05, 3.63) is 64.4 Å². The van der Waals surface area contributed by atoms with Gasteiger partial charge in [0.05, 0.1) is 11.9 Å². The minimum Gasteiger partial charge on any atom is -0.355 e. The van der Waals surface area contributed by atoms with Crippen LogP contribution >= 0.6 is 15.9 Å². The summed E-state index contributed by atoms with van der Waals surface area (Å²) in [5, 5.41) is 2.64. The second-order valence-electron chi connectivity index (χ2n) is 6.90. The van der Waals surface area contributed by atoms with Crippen LogP contribution in [0.1, 0.15) is 19.4 Å². The van der Waals surface area contributed by atoms with Crippen molar-refractivity contribution in [2.45, 2.75) is 26.4 Å². The van der Waals surface area contributed by atoms with Crippen molar-refractivity contribution in [1.82, 2.24) is 10.2 Å². The summed E-state index contributed by atoms with van der Waals surface area (Å²) >= 11 is 3.31. The number of nitrogens with one attached hydrogen (secondary N) is 1. The Balaban J connectivity index is 2.41. The summed E-state index contributed by atoms with van der Waals surface area (Å²) in [7, 11) is -3.83. The second-order valence-corrected chi connectivity index (χ2v) is 9.67. The lowest BCUT2D eigenvalue weighted by Gasteiger charge is -2.31. The summed E-state index contributed by atoms with van der Waals surface area (Å²) in [6, 6.07) is 11.6. The summed E-state index contributed by atoms with van der Waals surface area (Å²) in [6.45, 7) is 2.90. The molecule has 0 aliphatic rings. The number of halogens is 2. The van der Waals surface area contributed by atoms with Crippen LogP contribution in [-0.2, 0) is 26.2 Å². The Kier molecular flexibility index (Phi) is 8.58. The molecule has 2 aromatic carbocycles. The molecule has 7 nitrogen and oxygen atoms in total. The Morgan fingerprint density at radius 1 is 1.13 bits per heavy atom. The standard InChI is InChI=1S/C21H25BrFN3O4S/c1-4-24-21(28)15(2)25(13-16-9-5-7-11-18(16)23)20(27)14-26(31(3,29)30)19-12-8-6-10-17(19)22/h5-12,15H,4,13-14H2,1-3H3,(H,24,28)/t15-/m1/s1. The first-order valence-electron chi connectivity index (χ1n) is 9.59. The number of rotatable bonds is 9. The maximum atomic E-state index is 14.2. The van der Waals surface area contributed by atoms with Gasteiger partial charge in [-0.15, -0.1) is 0 Å². The molecule has 0 aliphatic heterocycles. The van der Waals surface area contributed by atoms with Gasteiger partial charge in [-0.2, -0.15) is 0 Å². The Bertz CT molecular complexity index is 1050. The van der Waals surface area contributed by atoms with E-state index in [4.69, 9.17) is 0 Å². The molecule has 0 heterocycles. The van der Waals surface area contributed by atoms with Crippen LogP contribution < -0.4 is 9.62 Å². The first kappa shape index (κ1) is 24.8. The highest BCUT2D eigenvalue weighted by Gasteiger charge is 2.30. The molecular weight excluding hydrogens is 489 g/mol. The number of anilines is 1. The van der Waals surface area contributed by atoms with Crippen LogP contribution in [0.2, 0.25) is 0 Å². The summed E-state index contributed by atoms with van der Waals surface area (Å²) < 4.78 is 40.6. The van der Waals surface area contributed by atoms with Crippen LogP contribution in [0.25, 0.3) is 0 Å². The Hall–Kier alpha value is -2.46. The number of carbonyl (C=O) groups excluding carboxylic acids is 2. The smallest absolute Gasteiger partial charge is 0.244 e. The first-order chi connectivity index (χ1) is 14.6. The van der Waals surface area contributed by atoms with E-state index in [1.165, 1.54) is 30.0 Å². The number of carbonyl (C=O) groups is 2. The highest BCUT2D eigenvalue weighted by atomic mass is 79.9. The number of para-hydroxylation sites is 1. The van der Waals surface area contributed by atoms with E-state index >= 15 is 0 Å². The third kappa shape index (κ3) is 6.51. The van der Waals surface area contributed by atoms with Gasteiger partial charge in [-0.05, 0) is 48.0 Å². The van der Waals surface area contributed by atoms with Gasteiger partial charge in [-0.3, -0.25) is 13.9 Å². The lowest BCUT2D eigenvalue weighted by atomic mass is 10.1. The predicted molar refractivity (Wildman–Crippen MR) is 121 cm³/mol. The predicted octanol–water partition coefficient (Wildman–Crippen LogP) is 2.91. The molecule has 168 valence electrons. The molecule has 0 radical (unpaired) electrons. The molecule has 1 N–H and O–H groups in total. The normalized spacial score (nSPS) is 12.2. The molecule has 0 unspecified atom stereocenters. The van der Waals surface area contributed by atoms with E-state index in [1.54, 1.807) is 37.3 Å². The number of hydrogen-bond acceptors (Lipinski definition) is 4. The molecule has 0 saturated heterocycles. The molecule has 0 aromatic heterocycles. The quantitative estimate of drug-likeness (QED) is 0.558. The summed E-state index contributed by atoms with van der Waals surface area (Å²) in [6.07, 6.45) is 0.994. The van der Waals surface area contributed by atoms with Crippen molar-refractivity contribution in [2.24, 2.45) is 0 Å². The van der Waals surface area contributed by atoms with Crippen LogP contribution in [-0.4, -0.2) is 50.5 Å². The molecule has 1 atom stereocenters. The number of nitrogens with zero attached hydrogens (tertiary/aromatic N) is 2. The van der Waals surface area contributed by atoms with Gasteiger partial charge in [0.2, 0.25) is 21.8 Å². The average Bonchev–Trinajstić information content (AvgIpc) is 2.71. The van der Waals surface area contributed by atoms with Crippen LogP contribution in [0.5, 0.6) is 0 Å². The van der Waals surface area contributed by atoms with E-state index in [2.05, 4.69) is 21.2 Å². The molecule has 0 bridgehead atoms. The zero-order chi connectivity index (χ0) is 23.2. The highest BCUT2D eigenvalue weighted by molar-refractivity contribution is 9.10. The van der Waals surface area contributed by atoms with Gasteiger partial charge in [0, 0.05) is 23.1 Å². The van der Waals surface area contributed by atoms with Crippen molar-refractivity contribution in [2.75, 3.05) is 23.7 Å². The zero-order valence-electron chi connectivity index (χ0n) is 17.5. The number of hydrogen-bond donors (Lipinski definition) is 1. The number of likely N-dealkylation sites (N-methyl/N-ethyl adjacent to an activating group) is 1. The highest BCUT2D eigenvalue weighted by Crippen LogP contribution is 2.28. The third-order valence-electron chi connectivity index (χ3n) is 4.62. The fourth-order valence-corrected chi connectivity index (χ4v) is 4.44. The van der Waals surface area contributed by atoms with E-state index < -0.39 is 40.2 Å². The minimum atomic E-state index is -3.83. The van der Waals surface area contributed by atoms with E-state index in [1.807, 2.05) is 0 Å². The molecule has 0 spiro atoms. The topological polar surface area (TPSA) is 86.8 Å². The summed E-state index contributed by atoms with van der Waals surface area (Å²) in [5.41, 5.74) is 0.508. The van der Waals surface area contributed by atoms with Crippen molar-refractivity contribution in [1.29, 1.82) is 0 Å². The number of sulfonamides is 1. The molecule has 2 rings (SSSR count). The fourth-order valence-electron chi connectivity index (χ4n) is 2.96. The van der Waals surface area contributed by atoms with E-state index in [9.17, 15) is 22.4 Å². The molecular formula is C21H25BrFN3O4S. The van der Waals surface area contributed by atoms with E-state index in [0.29, 0.717) is 11.0 Å². The Labute approximate surface area is 190 Å². The van der Waals surface area contributed by atoms with Gasteiger partial charge in [0.25, 0.3) is 0 Å². The maximum absolute atomic E-state index is 14.2.